The van der Waals surface area contributed by atoms with Gasteiger partial charge in [0.05, 0.1) is 6.08 Å². The standard InChI is InChI=1S/C18H17FN2O4/c19-15-3-1-14(2-4-15)12-21(17(23)11-16(22)18(24)25)10-7-13-5-8-20-9-6-13/h1-6,8-9,11,22H,7,10,12H2,(H,24,25)/b16-11-. The van der Waals surface area contributed by atoms with Crippen LogP contribution < -0.4 is 0 Å². The molecule has 0 unspecified atom stereocenters. The van der Waals surface area contributed by atoms with E-state index in [2.05, 4.69) is 4.98 Å². The molecule has 0 saturated heterocycles. The van der Waals surface area contributed by atoms with E-state index < -0.39 is 17.6 Å². The Balaban J connectivity index is 2.14. The molecule has 25 heavy (non-hydrogen) atoms. The molecular formula is C18H17FN2O4. The normalized spacial score (nSPS) is 11.2. The average molecular weight is 344 g/mol. The lowest BCUT2D eigenvalue weighted by atomic mass is 10.1. The molecule has 1 amide bonds. The predicted molar refractivity (Wildman–Crippen MR) is 88.1 cm³/mol. The summed E-state index contributed by atoms with van der Waals surface area (Å²) >= 11 is 0. The minimum atomic E-state index is -1.58. The Morgan fingerprint density at radius 1 is 1.04 bits per heavy atom. The first-order valence-electron chi connectivity index (χ1n) is 7.52. The van der Waals surface area contributed by atoms with Gasteiger partial charge in [-0.2, -0.15) is 0 Å². The number of carboxylic acids is 1. The Kier molecular flexibility index (Phi) is 6.22. The lowest BCUT2D eigenvalue weighted by molar-refractivity contribution is -0.136. The maximum absolute atomic E-state index is 13.0. The van der Waals surface area contributed by atoms with Gasteiger partial charge < -0.3 is 15.1 Å². The number of aliphatic hydroxyl groups excluding tert-OH is 1. The number of carbonyl (C=O) groups is 2. The van der Waals surface area contributed by atoms with Crippen molar-refractivity contribution in [3.05, 3.63) is 77.6 Å². The fraction of sp³-hybridized carbons (Fsp3) is 0.167. The summed E-state index contributed by atoms with van der Waals surface area (Å²) < 4.78 is 13.0. The van der Waals surface area contributed by atoms with Gasteiger partial charge in [0.15, 0.2) is 0 Å². The Hall–Kier alpha value is -3.22. The molecule has 0 spiro atoms. The molecule has 130 valence electrons. The lowest BCUT2D eigenvalue weighted by Crippen LogP contribution is -2.31. The summed E-state index contributed by atoms with van der Waals surface area (Å²) in [6.45, 7) is 0.456. The van der Waals surface area contributed by atoms with Crippen molar-refractivity contribution in [2.24, 2.45) is 0 Å². The number of aromatic nitrogens is 1. The van der Waals surface area contributed by atoms with E-state index in [1.165, 1.54) is 17.0 Å². The molecule has 6 nitrogen and oxygen atoms in total. The first-order valence-corrected chi connectivity index (χ1v) is 7.52. The van der Waals surface area contributed by atoms with Crippen LogP contribution in [0, 0.1) is 5.82 Å². The maximum atomic E-state index is 13.0. The van der Waals surface area contributed by atoms with Gasteiger partial charge in [0, 0.05) is 25.5 Å². The minimum Gasteiger partial charge on any atom is -0.502 e. The van der Waals surface area contributed by atoms with Gasteiger partial charge in [0.25, 0.3) is 5.91 Å². The quantitative estimate of drug-likeness (QED) is 0.594. The van der Waals surface area contributed by atoms with Gasteiger partial charge in [-0.05, 0) is 41.8 Å². The number of aliphatic carboxylic acids is 1. The number of nitrogens with zero attached hydrogens (tertiary/aromatic N) is 2. The van der Waals surface area contributed by atoms with Crippen molar-refractivity contribution in [1.29, 1.82) is 0 Å². The summed E-state index contributed by atoms with van der Waals surface area (Å²) in [6, 6.07) is 9.28. The van der Waals surface area contributed by atoms with Crippen molar-refractivity contribution in [1.82, 2.24) is 9.88 Å². The van der Waals surface area contributed by atoms with Crippen LogP contribution in [0.3, 0.4) is 0 Å². The molecule has 0 atom stereocenters. The number of benzene rings is 1. The van der Waals surface area contributed by atoms with Gasteiger partial charge in [-0.1, -0.05) is 12.1 Å². The van der Waals surface area contributed by atoms with Crippen molar-refractivity contribution in [2.45, 2.75) is 13.0 Å². The van der Waals surface area contributed by atoms with Gasteiger partial charge in [0.1, 0.15) is 5.82 Å². The number of carboxylic acid groups (broad SMARTS) is 1. The van der Waals surface area contributed by atoms with Crippen molar-refractivity contribution in [3.8, 4) is 0 Å². The van der Waals surface area contributed by atoms with Crippen molar-refractivity contribution in [3.63, 3.8) is 0 Å². The second kappa shape index (κ2) is 8.58. The zero-order valence-electron chi connectivity index (χ0n) is 13.3. The zero-order valence-corrected chi connectivity index (χ0v) is 13.3. The number of hydrogen-bond acceptors (Lipinski definition) is 4. The highest BCUT2D eigenvalue weighted by Crippen LogP contribution is 2.10. The summed E-state index contributed by atoms with van der Waals surface area (Å²) in [5, 5.41) is 18.0. The van der Waals surface area contributed by atoms with Gasteiger partial charge in [0.2, 0.25) is 5.76 Å². The summed E-state index contributed by atoms with van der Waals surface area (Å²) in [5.74, 6) is -3.64. The molecule has 0 aliphatic heterocycles. The molecule has 2 aromatic rings. The average Bonchev–Trinajstić information content (AvgIpc) is 2.60. The van der Waals surface area contributed by atoms with E-state index in [1.54, 1.807) is 24.5 Å². The molecule has 2 rings (SSSR count). The number of pyridine rings is 1. The third-order valence-corrected chi connectivity index (χ3v) is 3.50. The fourth-order valence-electron chi connectivity index (χ4n) is 2.16. The van der Waals surface area contributed by atoms with Gasteiger partial charge in [-0.3, -0.25) is 9.78 Å². The van der Waals surface area contributed by atoms with E-state index in [0.717, 1.165) is 5.56 Å². The third-order valence-electron chi connectivity index (χ3n) is 3.50. The van der Waals surface area contributed by atoms with Gasteiger partial charge in [-0.15, -0.1) is 0 Å². The smallest absolute Gasteiger partial charge is 0.371 e. The van der Waals surface area contributed by atoms with E-state index in [9.17, 15) is 19.1 Å². The molecule has 7 heteroatoms. The van der Waals surface area contributed by atoms with Crippen LogP contribution in [0.4, 0.5) is 4.39 Å². The topological polar surface area (TPSA) is 90.7 Å². The number of amides is 1. The van der Waals surface area contributed by atoms with Crippen molar-refractivity contribution < 1.29 is 24.2 Å². The van der Waals surface area contributed by atoms with Crippen LogP contribution in [0.5, 0.6) is 0 Å². The number of halogens is 1. The van der Waals surface area contributed by atoms with Crippen molar-refractivity contribution >= 4 is 11.9 Å². The molecular weight excluding hydrogens is 327 g/mol. The highest BCUT2D eigenvalue weighted by molar-refractivity contribution is 5.96. The van der Waals surface area contributed by atoms with Crippen LogP contribution >= 0.6 is 0 Å². The van der Waals surface area contributed by atoms with Crippen LogP contribution in [-0.2, 0) is 22.6 Å². The summed E-state index contributed by atoms with van der Waals surface area (Å²) in [6.07, 6.45) is 4.46. The van der Waals surface area contributed by atoms with E-state index in [4.69, 9.17) is 5.11 Å². The van der Waals surface area contributed by atoms with Crippen LogP contribution in [-0.4, -0.2) is 38.5 Å². The van der Waals surface area contributed by atoms with Gasteiger partial charge >= 0.3 is 5.97 Å². The lowest BCUT2D eigenvalue weighted by Gasteiger charge is -2.21. The maximum Gasteiger partial charge on any atom is 0.371 e. The largest absolute Gasteiger partial charge is 0.502 e. The second-order valence-electron chi connectivity index (χ2n) is 5.33. The monoisotopic (exact) mass is 344 g/mol. The van der Waals surface area contributed by atoms with Crippen LogP contribution in [0.2, 0.25) is 0 Å². The third kappa shape index (κ3) is 5.72. The Bertz CT molecular complexity index is 760. The number of hydrogen-bond donors (Lipinski definition) is 2. The Morgan fingerprint density at radius 3 is 2.28 bits per heavy atom. The first-order chi connectivity index (χ1) is 12.0. The first kappa shape index (κ1) is 18.1. The van der Waals surface area contributed by atoms with E-state index in [0.29, 0.717) is 24.6 Å². The molecule has 0 aliphatic carbocycles. The van der Waals surface area contributed by atoms with Crippen LogP contribution in [0.15, 0.2) is 60.6 Å². The summed E-state index contributed by atoms with van der Waals surface area (Å²) in [4.78, 5) is 28.3. The van der Waals surface area contributed by atoms with Crippen LogP contribution in [0.25, 0.3) is 0 Å². The molecule has 0 bridgehead atoms. The highest BCUT2D eigenvalue weighted by atomic mass is 19.1. The van der Waals surface area contributed by atoms with Crippen LogP contribution in [0.1, 0.15) is 11.1 Å². The highest BCUT2D eigenvalue weighted by Gasteiger charge is 2.15. The molecule has 0 saturated carbocycles. The Labute approximate surface area is 143 Å². The second-order valence-corrected chi connectivity index (χ2v) is 5.33. The molecule has 0 aliphatic rings. The zero-order chi connectivity index (χ0) is 18.2. The summed E-state index contributed by atoms with van der Waals surface area (Å²) in [5.41, 5.74) is 1.64. The van der Waals surface area contributed by atoms with E-state index >= 15 is 0 Å². The predicted octanol–water partition coefficient (Wildman–Crippen LogP) is 2.32. The molecule has 0 radical (unpaired) electrons. The number of aliphatic hydroxyl groups is 1. The molecule has 0 fully saturated rings. The molecule has 1 heterocycles. The molecule has 1 aromatic carbocycles. The molecule has 1 aromatic heterocycles. The Morgan fingerprint density at radius 2 is 1.68 bits per heavy atom. The number of carbonyl (C=O) groups excluding carboxylic acids is 1. The van der Waals surface area contributed by atoms with Gasteiger partial charge in [-0.25, -0.2) is 9.18 Å². The fourth-order valence-corrected chi connectivity index (χ4v) is 2.16. The van der Waals surface area contributed by atoms with E-state index in [-0.39, 0.29) is 12.4 Å². The number of rotatable bonds is 7. The molecule has 2 N–H and O–H groups in total. The minimum absolute atomic E-state index is 0.160. The SMILES string of the molecule is O=C(O)/C(O)=C/C(=O)N(CCc1ccncc1)Cc1ccc(F)cc1. The summed E-state index contributed by atoms with van der Waals surface area (Å²) in [7, 11) is 0. The van der Waals surface area contributed by atoms with E-state index in [1.807, 2.05) is 12.1 Å². The van der Waals surface area contributed by atoms with Crippen molar-refractivity contribution in [2.75, 3.05) is 6.54 Å².